The molecule has 4 heteroatoms. The van der Waals surface area contributed by atoms with Gasteiger partial charge in [0.15, 0.2) is 0 Å². The van der Waals surface area contributed by atoms with Crippen LogP contribution in [0.25, 0.3) is 0 Å². The summed E-state index contributed by atoms with van der Waals surface area (Å²) in [6.07, 6.45) is 4.01. The van der Waals surface area contributed by atoms with E-state index in [1.54, 1.807) is 0 Å². The van der Waals surface area contributed by atoms with Gasteiger partial charge < -0.3 is 4.74 Å². The third kappa shape index (κ3) is 3.97. The second kappa shape index (κ2) is 7.65. The lowest BCUT2D eigenvalue weighted by atomic mass is 9.99. The lowest BCUT2D eigenvalue weighted by Gasteiger charge is -2.34. The van der Waals surface area contributed by atoms with E-state index in [1.165, 1.54) is 19.3 Å². The third-order valence-corrected chi connectivity index (χ3v) is 4.11. The first-order valence-electron chi connectivity index (χ1n) is 7.36. The topological polar surface area (TPSA) is 29.5 Å². The Hall–Kier alpha value is -1.06. The first-order valence-corrected chi connectivity index (χ1v) is 7.74. The molecule has 1 aliphatic rings. The van der Waals surface area contributed by atoms with Crippen LogP contribution in [-0.4, -0.2) is 30.6 Å². The number of carbonyl (C=O) groups excluding carboxylic acids is 1. The number of nitrogens with zero attached hydrogens (tertiary/aromatic N) is 1. The minimum absolute atomic E-state index is 0.0306. The Morgan fingerprint density at radius 3 is 2.65 bits per heavy atom. The summed E-state index contributed by atoms with van der Waals surface area (Å²) in [6, 6.07) is 7.83. The van der Waals surface area contributed by atoms with Gasteiger partial charge in [0, 0.05) is 11.1 Å². The highest BCUT2D eigenvalue weighted by molar-refractivity contribution is 6.31. The number of benzene rings is 1. The van der Waals surface area contributed by atoms with Crippen molar-refractivity contribution < 1.29 is 9.53 Å². The highest BCUT2D eigenvalue weighted by Gasteiger charge is 2.26. The molecule has 0 N–H and O–H groups in total. The number of halogens is 1. The van der Waals surface area contributed by atoms with Crippen molar-refractivity contribution in [2.75, 3.05) is 19.7 Å². The van der Waals surface area contributed by atoms with E-state index in [-0.39, 0.29) is 12.0 Å². The van der Waals surface area contributed by atoms with Crippen LogP contribution in [0, 0.1) is 0 Å². The number of rotatable bonds is 5. The molecular weight excluding hydrogens is 274 g/mol. The second-order valence-corrected chi connectivity index (χ2v) is 5.55. The summed E-state index contributed by atoms with van der Waals surface area (Å²) < 4.78 is 5.12. The molecule has 0 aromatic heterocycles. The first-order chi connectivity index (χ1) is 9.72. The van der Waals surface area contributed by atoms with Gasteiger partial charge in [-0.15, -0.1) is 0 Å². The summed E-state index contributed by atoms with van der Waals surface area (Å²) in [5, 5.41) is 0.729. The Bertz CT molecular complexity index is 444. The van der Waals surface area contributed by atoms with E-state index < -0.39 is 0 Å². The average Bonchev–Trinajstić information content (AvgIpc) is 2.47. The highest BCUT2D eigenvalue weighted by Crippen LogP contribution is 2.32. The Balaban J connectivity index is 2.19. The zero-order valence-electron chi connectivity index (χ0n) is 12.0. The molecule has 0 spiro atoms. The molecule has 1 fully saturated rings. The molecule has 0 unspecified atom stereocenters. The standard InChI is InChI=1S/C16H22ClNO2/c1-2-20-16(19)12-15(18-10-6-3-7-11-18)13-8-4-5-9-14(13)17/h4-5,8-9,15H,2-3,6-7,10-12H2,1H3/t15-/m1/s1. The second-order valence-electron chi connectivity index (χ2n) is 5.14. The Labute approximate surface area is 125 Å². The smallest absolute Gasteiger partial charge is 0.307 e. The minimum atomic E-state index is -0.150. The first kappa shape index (κ1) is 15.3. The van der Waals surface area contributed by atoms with E-state index in [0.29, 0.717) is 13.0 Å². The van der Waals surface area contributed by atoms with Crippen LogP contribution in [0.15, 0.2) is 24.3 Å². The predicted molar refractivity (Wildman–Crippen MR) is 80.9 cm³/mol. The summed E-state index contributed by atoms with van der Waals surface area (Å²) in [5.74, 6) is -0.150. The number of carbonyl (C=O) groups is 1. The van der Waals surface area contributed by atoms with Crippen LogP contribution in [-0.2, 0) is 9.53 Å². The van der Waals surface area contributed by atoms with Crippen molar-refractivity contribution in [1.82, 2.24) is 4.90 Å². The van der Waals surface area contributed by atoms with Gasteiger partial charge in [-0.05, 0) is 44.5 Å². The van der Waals surface area contributed by atoms with Crippen LogP contribution in [0.5, 0.6) is 0 Å². The molecule has 110 valence electrons. The maximum Gasteiger partial charge on any atom is 0.307 e. The van der Waals surface area contributed by atoms with Gasteiger partial charge >= 0.3 is 5.97 Å². The SMILES string of the molecule is CCOC(=O)C[C@H](c1ccccc1Cl)N1CCCCC1. The molecule has 0 bridgehead atoms. The summed E-state index contributed by atoms with van der Waals surface area (Å²) in [6.45, 7) is 4.31. The third-order valence-electron chi connectivity index (χ3n) is 3.76. The van der Waals surface area contributed by atoms with E-state index in [2.05, 4.69) is 4.90 Å². The number of likely N-dealkylation sites (tertiary alicyclic amines) is 1. The predicted octanol–water partition coefficient (Wildman–Crippen LogP) is 3.82. The van der Waals surface area contributed by atoms with Gasteiger partial charge in [-0.2, -0.15) is 0 Å². The lowest BCUT2D eigenvalue weighted by Crippen LogP contribution is -2.35. The molecule has 2 rings (SSSR count). The quantitative estimate of drug-likeness (QED) is 0.774. The van der Waals surface area contributed by atoms with Gasteiger partial charge in [-0.1, -0.05) is 36.2 Å². The van der Waals surface area contributed by atoms with Crippen molar-refractivity contribution in [1.29, 1.82) is 0 Å². The molecule has 0 saturated carbocycles. The highest BCUT2D eigenvalue weighted by atomic mass is 35.5. The molecule has 1 aromatic carbocycles. The molecule has 0 amide bonds. The summed E-state index contributed by atoms with van der Waals surface area (Å²) in [5.41, 5.74) is 1.03. The zero-order valence-corrected chi connectivity index (χ0v) is 12.7. The fraction of sp³-hybridized carbons (Fsp3) is 0.562. The molecule has 3 nitrogen and oxygen atoms in total. The molecular formula is C16H22ClNO2. The number of esters is 1. The Morgan fingerprint density at radius 1 is 1.30 bits per heavy atom. The van der Waals surface area contributed by atoms with Crippen molar-refractivity contribution in [2.45, 2.75) is 38.6 Å². The average molecular weight is 296 g/mol. The molecule has 1 aliphatic heterocycles. The van der Waals surface area contributed by atoms with Crippen molar-refractivity contribution >= 4 is 17.6 Å². The van der Waals surface area contributed by atoms with Gasteiger partial charge in [-0.25, -0.2) is 0 Å². The van der Waals surface area contributed by atoms with E-state index in [1.807, 2.05) is 31.2 Å². The monoisotopic (exact) mass is 295 g/mol. The molecule has 20 heavy (non-hydrogen) atoms. The van der Waals surface area contributed by atoms with Gasteiger partial charge in [-0.3, -0.25) is 9.69 Å². The molecule has 1 atom stereocenters. The van der Waals surface area contributed by atoms with Crippen molar-refractivity contribution in [3.8, 4) is 0 Å². The maximum atomic E-state index is 11.9. The van der Waals surface area contributed by atoms with E-state index in [0.717, 1.165) is 23.7 Å². The van der Waals surface area contributed by atoms with E-state index >= 15 is 0 Å². The molecule has 0 aliphatic carbocycles. The molecule has 1 aromatic rings. The molecule has 1 saturated heterocycles. The Morgan fingerprint density at radius 2 is 2.00 bits per heavy atom. The number of hydrogen-bond acceptors (Lipinski definition) is 3. The van der Waals surface area contributed by atoms with Gasteiger partial charge in [0.1, 0.15) is 0 Å². The lowest BCUT2D eigenvalue weighted by molar-refractivity contribution is -0.144. The van der Waals surface area contributed by atoms with Crippen LogP contribution in [0.1, 0.15) is 44.2 Å². The summed E-state index contributed by atoms with van der Waals surface area (Å²) >= 11 is 6.32. The summed E-state index contributed by atoms with van der Waals surface area (Å²) in [7, 11) is 0. The fourth-order valence-electron chi connectivity index (χ4n) is 2.79. The van der Waals surface area contributed by atoms with E-state index in [9.17, 15) is 4.79 Å². The molecule has 0 radical (unpaired) electrons. The number of hydrogen-bond donors (Lipinski definition) is 0. The van der Waals surface area contributed by atoms with Crippen molar-refractivity contribution in [2.24, 2.45) is 0 Å². The van der Waals surface area contributed by atoms with Gasteiger partial charge in [0.05, 0.1) is 13.0 Å². The molecule has 1 heterocycles. The van der Waals surface area contributed by atoms with Gasteiger partial charge in [0.25, 0.3) is 0 Å². The Kier molecular flexibility index (Phi) is 5.86. The summed E-state index contributed by atoms with van der Waals surface area (Å²) in [4.78, 5) is 14.3. The van der Waals surface area contributed by atoms with Crippen LogP contribution in [0.2, 0.25) is 5.02 Å². The van der Waals surface area contributed by atoms with Crippen LogP contribution < -0.4 is 0 Å². The van der Waals surface area contributed by atoms with E-state index in [4.69, 9.17) is 16.3 Å². The maximum absolute atomic E-state index is 11.9. The van der Waals surface area contributed by atoms with Crippen molar-refractivity contribution in [3.63, 3.8) is 0 Å². The normalized spacial score (nSPS) is 17.7. The number of piperidine rings is 1. The van der Waals surface area contributed by atoms with Crippen LogP contribution in [0.4, 0.5) is 0 Å². The largest absolute Gasteiger partial charge is 0.466 e. The van der Waals surface area contributed by atoms with Crippen molar-refractivity contribution in [3.05, 3.63) is 34.9 Å². The van der Waals surface area contributed by atoms with Crippen LogP contribution in [0.3, 0.4) is 0 Å². The fourth-order valence-corrected chi connectivity index (χ4v) is 3.05. The zero-order chi connectivity index (χ0) is 14.4. The number of ether oxygens (including phenoxy) is 1. The minimum Gasteiger partial charge on any atom is -0.466 e. The van der Waals surface area contributed by atoms with Gasteiger partial charge in [0.2, 0.25) is 0 Å². The van der Waals surface area contributed by atoms with Crippen LogP contribution >= 0.6 is 11.6 Å².